The van der Waals surface area contributed by atoms with Gasteiger partial charge in [-0.3, -0.25) is 0 Å². The van der Waals surface area contributed by atoms with Crippen molar-refractivity contribution in [2.24, 2.45) is 0 Å². The van der Waals surface area contributed by atoms with Crippen LogP contribution in [0.3, 0.4) is 0 Å². The molecule has 1 aliphatic heterocycles. The zero-order valence-electron chi connectivity index (χ0n) is 29.2. The van der Waals surface area contributed by atoms with E-state index in [2.05, 4.69) is 187 Å². The van der Waals surface area contributed by atoms with E-state index in [-0.39, 0.29) is 0 Å². The van der Waals surface area contributed by atoms with Crippen LogP contribution in [0.5, 0.6) is 11.5 Å². The lowest BCUT2D eigenvalue weighted by atomic mass is 9.65. The molecule has 1 atom stereocenters. The monoisotopic (exact) mass is 689 g/mol. The molecule has 2 aliphatic rings. The molecule has 0 radical (unpaired) electrons. The fourth-order valence-electron chi connectivity index (χ4n) is 9.49. The van der Waals surface area contributed by atoms with Gasteiger partial charge in [0.15, 0.2) is 0 Å². The molecule has 0 saturated carbocycles. The third-order valence-electron chi connectivity index (χ3n) is 11.7. The van der Waals surface area contributed by atoms with Gasteiger partial charge in [0, 0.05) is 27.9 Å². The fourth-order valence-corrected chi connectivity index (χ4v) is 9.49. The second-order valence-electron chi connectivity index (χ2n) is 14.4. The Morgan fingerprint density at radius 1 is 0.407 bits per heavy atom. The molecule has 0 saturated heterocycles. The van der Waals surface area contributed by atoms with E-state index in [0.29, 0.717) is 0 Å². The first kappa shape index (κ1) is 29.5. The van der Waals surface area contributed by atoms with Gasteiger partial charge in [-0.15, -0.1) is 0 Å². The lowest BCUT2D eigenvalue weighted by Gasteiger charge is -2.40. The summed E-state index contributed by atoms with van der Waals surface area (Å²) in [6.45, 7) is 0. The Balaban J connectivity index is 1.21. The minimum Gasteiger partial charge on any atom is -0.457 e. The number of para-hydroxylation sites is 2. The van der Waals surface area contributed by atoms with E-state index in [0.717, 1.165) is 56.1 Å². The summed E-state index contributed by atoms with van der Waals surface area (Å²) in [5.74, 6) is 1.77. The Morgan fingerprint density at radius 3 is 2.00 bits per heavy atom. The summed E-state index contributed by atoms with van der Waals surface area (Å²) in [4.78, 5) is 2.42. The molecule has 1 unspecified atom stereocenters. The van der Waals surface area contributed by atoms with Crippen molar-refractivity contribution in [3.05, 3.63) is 210 Å². The van der Waals surface area contributed by atoms with Crippen molar-refractivity contribution in [3.63, 3.8) is 0 Å². The molecule has 0 fully saturated rings. The molecule has 1 aromatic heterocycles. The van der Waals surface area contributed by atoms with Crippen molar-refractivity contribution >= 4 is 60.5 Å². The number of hydrogen-bond acceptors (Lipinski definition) is 3. The summed E-state index contributed by atoms with van der Waals surface area (Å²) in [6.07, 6.45) is 0. The summed E-state index contributed by atoms with van der Waals surface area (Å²) >= 11 is 0. The first-order valence-electron chi connectivity index (χ1n) is 18.5. The highest BCUT2D eigenvalue weighted by Crippen LogP contribution is 2.64. The number of benzene rings is 9. The van der Waals surface area contributed by atoms with Gasteiger partial charge in [0.05, 0.1) is 16.5 Å². The van der Waals surface area contributed by atoms with E-state index >= 15 is 0 Å². The van der Waals surface area contributed by atoms with E-state index < -0.39 is 5.41 Å². The minimum atomic E-state index is -0.629. The van der Waals surface area contributed by atoms with Crippen LogP contribution in [-0.2, 0) is 5.41 Å². The van der Waals surface area contributed by atoms with Crippen molar-refractivity contribution in [2.75, 3.05) is 4.90 Å². The Bertz CT molecular complexity index is 3170. The van der Waals surface area contributed by atoms with Crippen LogP contribution in [0.4, 0.5) is 17.1 Å². The van der Waals surface area contributed by atoms with Gasteiger partial charge in [-0.05, 0) is 98.4 Å². The lowest BCUT2D eigenvalue weighted by molar-refractivity contribution is 0.438. The van der Waals surface area contributed by atoms with Gasteiger partial charge < -0.3 is 14.1 Å². The van der Waals surface area contributed by atoms with Gasteiger partial charge in [0.2, 0.25) is 0 Å². The average Bonchev–Trinajstić information content (AvgIpc) is 3.75. The predicted molar refractivity (Wildman–Crippen MR) is 221 cm³/mol. The minimum absolute atomic E-state index is 0.629. The Kier molecular flexibility index (Phi) is 5.98. The van der Waals surface area contributed by atoms with E-state index in [1.165, 1.54) is 49.4 Å². The maximum Gasteiger partial charge on any atom is 0.137 e. The van der Waals surface area contributed by atoms with Crippen molar-refractivity contribution in [1.82, 2.24) is 0 Å². The van der Waals surface area contributed by atoms with Gasteiger partial charge in [0.1, 0.15) is 22.7 Å². The van der Waals surface area contributed by atoms with E-state index in [1.807, 2.05) is 6.07 Å². The van der Waals surface area contributed by atoms with Crippen molar-refractivity contribution in [3.8, 4) is 22.6 Å². The van der Waals surface area contributed by atoms with Crippen LogP contribution in [-0.4, -0.2) is 0 Å². The average molecular weight is 690 g/mol. The van der Waals surface area contributed by atoms with Crippen molar-refractivity contribution < 1.29 is 9.15 Å². The molecule has 252 valence electrons. The molecule has 12 rings (SSSR count). The summed E-state index contributed by atoms with van der Waals surface area (Å²) in [7, 11) is 0. The molecule has 3 nitrogen and oxygen atoms in total. The first-order chi connectivity index (χ1) is 26.8. The molecule has 3 heteroatoms. The highest BCUT2D eigenvalue weighted by atomic mass is 16.5. The zero-order valence-corrected chi connectivity index (χ0v) is 29.2. The number of furan rings is 1. The van der Waals surface area contributed by atoms with Crippen LogP contribution in [0.2, 0.25) is 0 Å². The molecule has 1 spiro atoms. The van der Waals surface area contributed by atoms with Crippen LogP contribution < -0.4 is 9.64 Å². The van der Waals surface area contributed by atoms with Gasteiger partial charge in [-0.1, -0.05) is 133 Å². The number of nitrogens with zero attached hydrogens (tertiary/aromatic N) is 1. The van der Waals surface area contributed by atoms with Crippen LogP contribution >= 0.6 is 0 Å². The molecule has 1 aliphatic carbocycles. The van der Waals surface area contributed by atoms with E-state index in [4.69, 9.17) is 9.15 Å². The largest absolute Gasteiger partial charge is 0.457 e. The highest BCUT2D eigenvalue weighted by Gasteiger charge is 2.52. The molecule has 2 heterocycles. The molecular weight excluding hydrogens is 659 g/mol. The normalized spacial score (nSPS) is 15.3. The lowest BCUT2D eigenvalue weighted by Crippen LogP contribution is -2.32. The number of anilines is 3. The summed E-state index contributed by atoms with van der Waals surface area (Å²) in [5, 5.41) is 6.97. The molecule has 10 aromatic rings. The predicted octanol–water partition coefficient (Wildman–Crippen LogP) is 13.8. The quantitative estimate of drug-likeness (QED) is 0.185. The third kappa shape index (κ3) is 3.90. The Labute approximate surface area is 311 Å². The Morgan fingerprint density at radius 2 is 1.07 bits per heavy atom. The second kappa shape index (κ2) is 11.0. The van der Waals surface area contributed by atoms with Gasteiger partial charge in [0.25, 0.3) is 0 Å². The van der Waals surface area contributed by atoms with Crippen LogP contribution in [0, 0.1) is 0 Å². The van der Waals surface area contributed by atoms with Crippen molar-refractivity contribution in [2.45, 2.75) is 5.41 Å². The topological polar surface area (TPSA) is 25.6 Å². The van der Waals surface area contributed by atoms with Gasteiger partial charge in [-0.25, -0.2) is 0 Å². The zero-order chi connectivity index (χ0) is 35.4. The second-order valence-corrected chi connectivity index (χ2v) is 14.4. The summed E-state index contributed by atoms with van der Waals surface area (Å²) in [6, 6.07) is 67.8. The standard InChI is InChI=1S/C51H31NO2/c1-2-14-34-30-35(26-24-32(34)12-1)52(44-20-11-23-47-49(44)40-17-6-9-21-45(40)53-47)36-27-28-39-38-16-5-7-18-41(38)51(43(39)31-36)42-19-8-10-22-46(42)54-48-29-25-33-13-3-4-15-37(33)50(48)51/h1-31H. The highest BCUT2D eigenvalue weighted by molar-refractivity contribution is 6.13. The fraction of sp³-hybridized carbons (Fsp3) is 0.0196. The smallest absolute Gasteiger partial charge is 0.137 e. The number of fused-ring (bicyclic) bond motifs is 15. The molecule has 54 heavy (non-hydrogen) atoms. The SMILES string of the molecule is c1ccc2c(c1)Oc1ccc3ccccc3c1C21c2ccccc2-c2ccc(N(c3ccc4ccccc4c3)c3cccc4oc5ccccc5c34)cc21. The molecule has 0 N–H and O–H groups in total. The van der Waals surface area contributed by atoms with Crippen LogP contribution in [0.25, 0.3) is 54.6 Å². The summed E-state index contributed by atoms with van der Waals surface area (Å²) < 4.78 is 13.3. The van der Waals surface area contributed by atoms with Crippen molar-refractivity contribution in [1.29, 1.82) is 0 Å². The third-order valence-corrected chi connectivity index (χ3v) is 11.7. The molecular formula is C51H31NO2. The maximum absolute atomic E-state index is 6.82. The summed E-state index contributed by atoms with van der Waals surface area (Å²) in [5.41, 5.74) is 11.6. The number of rotatable bonds is 3. The maximum atomic E-state index is 6.82. The first-order valence-corrected chi connectivity index (χ1v) is 18.5. The van der Waals surface area contributed by atoms with Crippen LogP contribution in [0.1, 0.15) is 22.3 Å². The number of ether oxygens (including phenoxy) is 1. The van der Waals surface area contributed by atoms with E-state index in [9.17, 15) is 0 Å². The molecule has 0 bridgehead atoms. The molecule has 9 aromatic carbocycles. The number of hydrogen-bond donors (Lipinski definition) is 0. The van der Waals surface area contributed by atoms with Crippen LogP contribution in [0.15, 0.2) is 192 Å². The Hall–Kier alpha value is -7.10. The molecule has 0 amide bonds. The van der Waals surface area contributed by atoms with E-state index in [1.54, 1.807) is 0 Å². The van der Waals surface area contributed by atoms with Gasteiger partial charge >= 0.3 is 0 Å². The van der Waals surface area contributed by atoms with Gasteiger partial charge in [-0.2, -0.15) is 0 Å².